The van der Waals surface area contributed by atoms with Crippen molar-refractivity contribution in [2.75, 3.05) is 43.1 Å². The topological polar surface area (TPSA) is 39.7 Å². The fraction of sp³-hybridized carbons (Fsp3) is 0.632. The van der Waals surface area contributed by atoms with E-state index in [-0.39, 0.29) is 0 Å². The highest BCUT2D eigenvalue weighted by Crippen LogP contribution is 2.23. The van der Waals surface area contributed by atoms with Crippen LogP contribution in [0.5, 0.6) is 0 Å². The minimum atomic E-state index is 0.714. The SMILES string of the molecule is CCNC(=NCc1ccc(N2CCC(C)CC2)cc1)NCCSC. The molecular weight excluding hydrogens is 316 g/mol. The van der Waals surface area contributed by atoms with Crippen molar-refractivity contribution in [2.45, 2.75) is 33.2 Å². The van der Waals surface area contributed by atoms with Gasteiger partial charge in [0.05, 0.1) is 6.54 Å². The molecule has 1 aliphatic rings. The summed E-state index contributed by atoms with van der Waals surface area (Å²) in [4.78, 5) is 7.18. The van der Waals surface area contributed by atoms with E-state index in [1.54, 1.807) is 0 Å². The number of hydrogen-bond donors (Lipinski definition) is 2. The van der Waals surface area contributed by atoms with Crippen LogP contribution in [0.1, 0.15) is 32.3 Å². The lowest BCUT2D eigenvalue weighted by atomic mass is 9.99. The molecule has 0 atom stereocenters. The zero-order chi connectivity index (χ0) is 17.2. The van der Waals surface area contributed by atoms with Crippen molar-refractivity contribution in [3.63, 3.8) is 0 Å². The molecule has 1 aromatic rings. The minimum Gasteiger partial charge on any atom is -0.372 e. The molecule has 1 fully saturated rings. The number of anilines is 1. The third-order valence-electron chi connectivity index (χ3n) is 4.45. The lowest BCUT2D eigenvalue weighted by Crippen LogP contribution is -2.38. The monoisotopic (exact) mass is 348 g/mol. The molecule has 5 heteroatoms. The van der Waals surface area contributed by atoms with Gasteiger partial charge in [-0.25, -0.2) is 4.99 Å². The van der Waals surface area contributed by atoms with Gasteiger partial charge in [-0.15, -0.1) is 0 Å². The lowest BCUT2D eigenvalue weighted by Gasteiger charge is -2.32. The summed E-state index contributed by atoms with van der Waals surface area (Å²) in [5.74, 6) is 2.87. The highest BCUT2D eigenvalue weighted by atomic mass is 32.2. The van der Waals surface area contributed by atoms with Crippen LogP contribution in [0.4, 0.5) is 5.69 Å². The third kappa shape index (κ3) is 6.27. The number of hydrogen-bond acceptors (Lipinski definition) is 3. The van der Waals surface area contributed by atoms with Crippen LogP contribution in [-0.2, 0) is 6.54 Å². The first-order valence-corrected chi connectivity index (χ1v) is 10.5. The fourth-order valence-corrected chi connectivity index (χ4v) is 3.17. The molecule has 134 valence electrons. The van der Waals surface area contributed by atoms with E-state index in [2.05, 4.69) is 64.9 Å². The maximum atomic E-state index is 4.68. The fourth-order valence-electron chi connectivity index (χ4n) is 2.86. The number of nitrogens with zero attached hydrogens (tertiary/aromatic N) is 2. The first-order valence-electron chi connectivity index (χ1n) is 9.08. The van der Waals surface area contributed by atoms with Crippen LogP contribution in [0.2, 0.25) is 0 Å². The summed E-state index contributed by atoms with van der Waals surface area (Å²) >= 11 is 1.84. The van der Waals surface area contributed by atoms with Crippen LogP contribution in [-0.4, -0.2) is 44.1 Å². The van der Waals surface area contributed by atoms with Crippen molar-refractivity contribution in [3.05, 3.63) is 29.8 Å². The first-order chi connectivity index (χ1) is 11.7. The summed E-state index contributed by atoms with van der Waals surface area (Å²) in [5.41, 5.74) is 2.60. The molecule has 0 aliphatic carbocycles. The zero-order valence-corrected chi connectivity index (χ0v) is 16.2. The van der Waals surface area contributed by atoms with E-state index in [0.717, 1.165) is 30.7 Å². The third-order valence-corrected chi connectivity index (χ3v) is 5.06. The van der Waals surface area contributed by atoms with Crippen LogP contribution < -0.4 is 15.5 Å². The molecule has 1 aromatic carbocycles. The molecule has 0 saturated carbocycles. The molecular formula is C19H32N4S. The zero-order valence-electron chi connectivity index (χ0n) is 15.3. The molecule has 1 saturated heterocycles. The lowest BCUT2D eigenvalue weighted by molar-refractivity contribution is 0.438. The van der Waals surface area contributed by atoms with Crippen molar-refractivity contribution >= 4 is 23.4 Å². The maximum absolute atomic E-state index is 4.68. The average molecular weight is 349 g/mol. The Bertz CT molecular complexity index is 493. The molecule has 0 amide bonds. The van der Waals surface area contributed by atoms with Gasteiger partial charge in [-0.1, -0.05) is 19.1 Å². The molecule has 0 bridgehead atoms. The molecule has 4 nitrogen and oxygen atoms in total. The van der Waals surface area contributed by atoms with Crippen molar-refractivity contribution in [1.29, 1.82) is 0 Å². The number of thioether (sulfide) groups is 1. The van der Waals surface area contributed by atoms with Crippen LogP contribution in [0.3, 0.4) is 0 Å². The van der Waals surface area contributed by atoms with E-state index < -0.39 is 0 Å². The molecule has 24 heavy (non-hydrogen) atoms. The van der Waals surface area contributed by atoms with Crippen LogP contribution in [0, 0.1) is 5.92 Å². The summed E-state index contributed by atoms with van der Waals surface area (Å²) in [5, 5.41) is 6.67. The molecule has 0 aromatic heterocycles. The smallest absolute Gasteiger partial charge is 0.191 e. The average Bonchev–Trinajstić information content (AvgIpc) is 2.61. The van der Waals surface area contributed by atoms with Crippen molar-refractivity contribution < 1.29 is 0 Å². The van der Waals surface area contributed by atoms with E-state index in [9.17, 15) is 0 Å². The van der Waals surface area contributed by atoms with Gasteiger partial charge in [0.2, 0.25) is 0 Å². The molecule has 0 unspecified atom stereocenters. The minimum absolute atomic E-state index is 0.714. The Kier molecular flexibility index (Phi) is 8.29. The number of nitrogens with one attached hydrogen (secondary N) is 2. The van der Waals surface area contributed by atoms with Crippen molar-refractivity contribution in [2.24, 2.45) is 10.9 Å². The Morgan fingerprint density at radius 3 is 2.54 bits per heavy atom. The van der Waals surface area contributed by atoms with E-state index in [1.807, 2.05) is 11.8 Å². The second-order valence-electron chi connectivity index (χ2n) is 6.45. The Labute approximate surface area is 151 Å². The quantitative estimate of drug-likeness (QED) is 0.450. The van der Waals surface area contributed by atoms with E-state index >= 15 is 0 Å². The van der Waals surface area contributed by atoms with Gasteiger partial charge in [0.25, 0.3) is 0 Å². The summed E-state index contributed by atoms with van der Waals surface area (Å²) in [6.07, 6.45) is 4.73. The van der Waals surface area contributed by atoms with Gasteiger partial charge in [0.15, 0.2) is 5.96 Å². The highest BCUT2D eigenvalue weighted by Gasteiger charge is 2.15. The second-order valence-corrected chi connectivity index (χ2v) is 7.44. The van der Waals surface area contributed by atoms with Crippen LogP contribution in [0.25, 0.3) is 0 Å². The highest BCUT2D eigenvalue weighted by molar-refractivity contribution is 7.98. The predicted octanol–water partition coefficient (Wildman–Crippen LogP) is 3.34. The first kappa shape index (κ1) is 19.0. The summed E-state index contributed by atoms with van der Waals surface area (Å²) < 4.78 is 0. The molecule has 0 radical (unpaired) electrons. The second kappa shape index (κ2) is 10.5. The summed E-state index contributed by atoms with van der Waals surface area (Å²) in [6, 6.07) is 8.91. The van der Waals surface area contributed by atoms with Gasteiger partial charge in [-0.05, 0) is 49.6 Å². The van der Waals surface area contributed by atoms with E-state index in [0.29, 0.717) is 6.54 Å². The number of guanidine groups is 1. The van der Waals surface area contributed by atoms with Crippen molar-refractivity contribution in [3.8, 4) is 0 Å². The van der Waals surface area contributed by atoms with Gasteiger partial charge in [0.1, 0.15) is 0 Å². The van der Waals surface area contributed by atoms with Gasteiger partial charge < -0.3 is 15.5 Å². The molecule has 1 aliphatic heterocycles. The van der Waals surface area contributed by atoms with Gasteiger partial charge in [-0.2, -0.15) is 11.8 Å². The van der Waals surface area contributed by atoms with Gasteiger partial charge in [0, 0.05) is 37.6 Å². The Morgan fingerprint density at radius 1 is 1.21 bits per heavy atom. The summed E-state index contributed by atoms with van der Waals surface area (Å²) in [7, 11) is 0. The number of piperidine rings is 1. The number of aliphatic imine (C=N–C) groups is 1. The normalized spacial score (nSPS) is 16.3. The van der Waals surface area contributed by atoms with Crippen molar-refractivity contribution in [1.82, 2.24) is 10.6 Å². The molecule has 0 spiro atoms. The summed E-state index contributed by atoms with van der Waals surface area (Å²) in [6.45, 7) is 9.36. The van der Waals surface area contributed by atoms with Crippen LogP contribution >= 0.6 is 11.8 Å². The largest absolute Gasteiger partial charge is 0.372 e. The molecule has 2 N–H and O–H groups in total. The number of benzene rings is 1. The van der Waals surface area contributed by atoms with Gasteiger partial charge in [-0.3, -0.25) is 0 Å². The maximum Gasteiger partial charge on any atom is 0.191 e. The Hall–Kier alpha value is -1.36. The van der Waals surface area contributed by atoms with E-state index in [1.165, 1.54) is 37.2 Å². The molecule has 2 rings (SSSR count). The predicted molar refractivity (Wildman–Crippen MR) is 108 cm³/mol. The van der Waals surface area contributed by atoms with E-state index in [4.69, 9.17) is 0 Å². The Morgan fingerprint density at radius 2 is 1.92 bits per heavy atom. The standard InChI is InChI=1S/C19H32N4S/c1-4-20-19(21-11-14-24-3)22-15-17-5-7-18(8-6-17)23-12-9-16(2)10-13-23/h5-8,16H,4,9-15H2,1-3H3,(H2,20,21,22). The Balaban J connectivity index is 1.88. The number of rotatable bonds is 7. The molecule has 1 heterocycles. The van der Waals surface area contributed by atoms with Gasteiger partial charge >= 0.3 is 0 Å². The van der Waals surface area contributed by atoms with Crippen LogP contribution in [0.15, 0.2) is 29.3 Å².